The van der Waals surface area contributed by atoms with Crippen LogP contribution < -0.4 is 11.1 Å². The first kappa shape index (κ1) is 27.1. The number of rotatable bonds is 9. The number of imidazole rings is 1. The number of hydrogen-bond donors (Lipinski definition) is 3. The first-order valence-corrected chi connectivity index (χ1v) is 13.8. The lowest BCUT2D eigenvalue weighted by Crippen LogP contribution is -2.17. The number of nitrogens with two attached hydrogens (primary N) is 1. The molecule has 208 valence electrons. The van der Waals surface area contributed by atoms with Gasteiger partial charge in [-0.15, -0.1) is 0 Å². The first-order chi connectivity index (χ1) is 20.5. The lowest BCUT2D eigenvalue weighted by Gasteiger charge is -2.12. The summed E-state index contributed by atoms with van der Waals surface area (Å²) in [5, 5.41) is 13.7. The van der Waals surface area contributed by atoms with Crippen LogP contribution in [0.5, 0.6) is 5.75 Å². The van der Waals surface area contributed by atoms with Gasteiger partial charge in [0.25, 0.3) is 0 Å². The van der Waals surface area contributed by atoms with Crippen LogP contribution in [0.1, 0.15) is 21.5 Å². The zero-order chi connectivity index (χ0) is 29.1. The van der Waals surface area contributed by atoms with Gasteiger partial charge >= 0.3 is 0 Å². The molecule has 0 saturated carbocycles. The fraction of sp³-hybridized carbons (Fsp3) is 0.0909. The number of aromatic hydroxyl groups is 1. The number of anilines is 1. The SMILES string of the molecule is Nc1ncccc1-c1nc2ccc(-c3ccccc3)nc2n1-c1ccc(CNCCc2ccc(C=O)c(O)c2Cl)cc1. The Labute approximate surface area is 247 Å². The number of nitrogens with zero attached hydrogens (tertiary/aromatic N) is 4. The Kier molecular flexibility index (Phi) is 7.64. The second-order valence-corrected chi connectivity index (χ2v) is 10.2. The second-order valence-electron chi connectivity index (χ2n) is 9.80. The predicted molar refractivity (Wildman–Crippen MR) is 166 cm³/mol. The summed E-state index contributed by atoms with van der Waals surface area (Å²) < 4.78 is 2.02. The molecule has 0 aliphatic heterocycles. The molecule has 0 saturated heterocycles. The molecule has 0 atom stereocenters. The third-order valence-corrected chi connectivity index (χ3v) is 7.52. The number of carbonyl (C=O) groups is 1. The third kappa shape index (κ3) is 5.33. The van der Waals surface area contributed by atoms with Crippen molar-refractivity contribution in [2.75, 3.05) is 12.3 Å². The van der Waals surface area contributed by atoms with Crippen LogP contribution >= 0.6 is 11.6 Å². The first-order valence-electron chi connectivity index (χ1n) is 13.4. The highest BCUT2D eigenvalue weighted by molar-refractivity contribution is 6.33. The van der Waals surface area contributed by atoms with Gasteiger partial charge in [-0.3, -0.25) is 9.36 Å². The lowest BCUT2D eigenvalue weighted by molar-refractivity contribution is 0.112. The van der Waals surface area contributed by atoms with Gasteiger partial charge < -0.3 is 16.2 Å². The molecule has 8 nitrogen and oxygen atoms in total. The summed E-state index contributed by atoms with van der Waals surface area (Å²) in [5.41, 5.74) is 13.3. The number of hydrogen-bond acceptors (Lipinski definition) is 7. The highest BCUT2D eigenvalue weighted by Gasteiger charge is 2.19. The molecule has 0 aliphatic carbocycles. The highest BCUT2D eigenvalue weighted by atomic mass is 35.5. The quantitative estimate of drug-likeness (QED) is 0.138. The van der Waals surface area contributed by atoms with Crippen molar-refractivity contribution in [1.29, 1.82) is 0 Å². The maximum Gasteiger partial charge on any atom is 0.165 e. The molecule has 0 spiro atoms. The fourth-order valence-electron chi connectivity index (χ4n) is 4.89. The smallest absolute Gasteiger partial charge is 0.165 e. The Hall–Kier alpha value is -5.05. The molecule has 3 heterocycles. The van der Waals surface area contributed by atoms with E-state index in [2.05, 4.69) is 22.4 Å². The van der Waals surface area contributed by atoms with Gasteiger partial charge in [-0.2, -0.15) is 0 Å². The van der Waals surface area contributed by atoms with Crippen molar-refractivity contribution in [2.45, 2.75) is 13.0 Å². The lowest BCUT2D eigenvalue weighted by atomic mass is 10.1. The summed E-state index contributed by atoms with van der Waals surface area (Å²) in [5.74, 6) is 0.886. The van der Waals surface area contributed by atoms with Crippen LogP contribution in [0.25, 0.3) is 39.5 Å². The van der Waals surface area contributed by atoms with Crippen molar-refractivity contribution in [3.8, 4) is 34.1 Å². The average Bonchev–Trinajstić information content (AvgIpc) is 3.41. The second kappa shape index (κ2) is 11.8. The van der Waals surface area contributed by atoms with Crippen molar-refractivity contribution in [3.05, 3.63) is 119 Å². The van der Waals surface area contributed by atoms with E-state index in [1.165, 1.54) is 0 Å². The van der Waals surface area contributed by atoms with E-state index in [1.807, 2.05) is 71.3 Å². The van der Waals surface area contributed by atoms with Crippen LogP contribution in [0, 0.1) is 0 Å². The predicted octanol–water partition coefficient (Wildman–Crippen LogP) is 6.24. The molecule has 0 amide bonds. The van der Waals surface area contributed by atoms with E-state index in [0.29, 0.717) is 37.4 Å². The molecule has 3 aromatic heterocycles. The number of phenolic OH excluding ortho intramolecular Hbond substituents is 1. The molecule has 0 bridgehead atoms. The highest BCUT2D eigenvalue weighted by Crippen LogP contribution is 2.32. The zero-order valence-electron chi connectivity index (χ0n) is 22.5. The number of aromatic nitrogens is 4. The summed E-state index contributed by atoms with van der Waals surface area (Å²) in [7, 11) is 0. The van der Waals surface area contributed by atoms with Crippen LogP contribution in [0.2, 0.25) is 5.02 Å². The normalized spacial score (nSPS) is 11.2. The minimum Gasteiger partial charge on any atom is -0.506 e. The van der Waals surface area contributed by atoms with E-state index >= 15 is 0 Å². The molecule has 9 heteroatoms. The standard InChI is InChI=1S/C33H27ClN6O2/c34-29-23(10-11-24(20-41)30(29)42)16-18-36-19-21-8-12-25(13-9-21)40-32(26-7-4-17-37-31(26)35)39-28-15-14-27(38-33(28)40)22-5-2-1-3-6-22/h1-15,17,20,36,42H,16,18-19H2,(H2,35,37). The summed E-state index contributed by atoms with van der Waals surface area (Å²) in [6, 6.07) is 29.3. The van der Waals surface area contributed by atoms with Crippen LogP contribution in [0.4, 0.5) is 5.82 Å². The van der Waals surface area contributed by atoms with Crippen molar-refractivity contribution in [3.63, 3.8) is 0 Å². The van der Waals surface area contributed by atoms with Gasteiger partial charge in [0.05, 0.1) is 21.8 Å². The maximum atomic E-state index is 11.0. The van der Waals surface area contributed by atoms with E-state index in [0.717, 1.165) is 44.8 Å². The number of aldehydes is 1. The van der Waals surface area contributed by atoms with Gasteiger partial charge in [-0.1, -0.05) is 60.1 Å². The Morgan fingerprint density at radius 1 is 0.929 bits per heavy atom. The molecule has 0 unspecified atom stereocenters. The van der Waals surface area contributed by atoms with Gasteiger partial charge in [0.1, 0.15) is 17.1 Å². The number of halogens is 1. The number of phenols is 1. The number of pyridine rings is 2. The number of fused-ring (bicyclic) bond motifs is 1. The van der Waals surface area contributed by atoms with Gasteiger partial charge in [-0.25, -0.2) is 15.0 Å². The molecule has 0 fully saturated rings. The summed E-state index contributed by atoms with van der Waals surface area (Å²) in [4.78, 5) is 25.2. The Bertz CT molecular complexity index is 1890. The van der Waals surface area contributed by atoms with Crippen molar-refractivity contribution < 1.29 is 9.90 Å². The van der Waals surface area contributed by atoms with Crippen molar-refractivity contribution in [2.24, 2.45) is 0 Å². The molecule has 4 N–H and O–H groups in total. The number of nitrogens with one attached hydrogen (secondary N) is 1. The van der Waals surface area contributed by atoms with Crippen molar-refractivity contribution in [1.82, 2.24) is 24.8 Å². The minimum atomic E-state index is -0.176. The minimum absolute atomic E-state index is 0.176. The van der Waals surface area contributed by atoms with E-state index in [9.17, 15) is 9.90 Å². The molecular weight excluding hydrogens is 548 g/mol. The molecular formula is C33H27ClN6O2. The van der Waals surface area contributed by atoms with E-state index in [4.69, 9.17) is 27.3 Å². The third-order valence-electron chi connectivity index (χ3n) is 7.10. The molecule has 0 radical (unpaired) electrons. The number of nitrogen functional groups attached to an aromatic ring is 1. The van der Waals surface area contributed by atoms with Gasteiger partial charge in [0.15, 0.2) is 17.8 Å². The van der Waals surface area contributed by atoms with Crippen LogP contribution in [-0.2, 0) is 13.0 Å². The Balaban J connectivity index is 1.27. The number of carbonyl (C=O) groups excluding carboxylic acids is 1. The number of benzene rings is 3. The molecule has 6 rings (SSSR count). The van der Waals surface area contributed by atoms with Gasteiger partial charge in [0, 0.05) is 24.0 Å². The van der Waals surface area contributed by atoms with Gasteiger partial charge in [0.2, 0.25) is 0 Å². The topological polar surface area (TPSA) is 119 Å². The maximum absolute atomic E-state index is 11.0. The summed E-state index contributed by atoms with van der Waals surface area (Å²) in [6.45, 7) is 1.28. The Morgan fingerprint density at radius 2 is 1.74 bits per heavy atom. The zero-order valence-corrected chi connectivity index (χ0v) is 23.3. The van der Waals surface area contributed by atoms with E-state index in [-0.39, 0.29) is 16.3 Å². The van der Waals surface area contributed by atoms with Crippen LogP contribution in [0.15, 0.2) is 97.2 Å². The fourth-order valence-corrected chi connectivity index (χ4v) is 5.15. The molecule has 3 aromatic carbocycles. The van der Waals surface area contributed by atoms with Crippen LogP contribution in [0.3, 0.4) is 0 Å². The van der Waals surface area contributed by atoms with E-state index < -0.39 is 0 Å². The van der Waals surface area contributed by atoms with E-state index in [1.54, 1.807) is 18.3 Å². The largest absolute Gasteiger partial charge is 0.506 e. The molecule has 6 aromatic rings. The average molecular weight is 575 g/mol. The Morgan fingerprint density at radius 3 is 2.50 bits per heavy atom. The molecule has 0 aliphatic rings. The van der Waals surface area contributed by atoms with Crippen LogP contribution in [-0.4, -0.2) is 37.5 Å². The monoisotopic (exact) mass is 574 g/mol. The summed E-state index contributed by atoms with van der Waals surface area (Å²) >= 11 is 6.23. The van der Waals surface area contributed by atoms with Gasteiger partial charge in [-0.05, 0) is 66.6 Å². The van der Waals surface area contributed by atoms with Crippen molar-refractivity contribution >= 4 is 34.9 Å². The summed E-state index contributed by atoms with van der Waals surface area (Å²) in [6.07, 6.45) is 2.86. The molecule has 42 heavy (non-hydrogen) atoms.